The molecule has 0 atom stereocenters. The largest absolute Gasteiger partial charge is 0.332 e. The van der Waals surface area contributed by atoms with Gasteiger partial charge < -0.3 is 10.6 Å². The number of thiazole rings is 2. The van der Waals surface area contributed by atoms with Crippen molar-refractivity contribution < 1.29 is 4.79 Å². The predicted octanol–water partition coefficient (Wildman–Crippen LogP) is 8.50. The van der Waals surface area contributed by atoms with E-state index in [1.165, 1.54) is 22.7 Å². The molecule has 0 aliphatic rings. The van der Waals surface area contributed by atoms with E-state index in [9.17, 15) is 4.79 Å². The molecular formula is C33H26N4OS2. The normalized spacial score (nSPS) is 10.8. The second kappa shape index (κ2) is 12.1. The number of hydrogen-bond donors (Lipinski definition) is 2. The van der Waals surface area contributed by atoms with E-state index in [2.05, 4.69) is 34.9 Å². The van der Waals surface area contributed by atoms with Gasteiger partial charge in [-0.2, -0.15) is 0 Å². The average molecular weight is 559 g/mol. The van der Waals surface area contributed by atoms with Crippen LogP contribution in [0.2, 0.25) is 0 Å². The highest BCUT2D eigenvalue weighted by Gasteiger charge is 2.26. The Labute approximate surface area is 241 Å². The topological polar surface area (TPSA) is 66.9 Å². The Morgan fingerprint density at radius 2 is 0.875 bits per heavy atom. The SMILES string of the molecule is O=C(c1sc(Nc2ccccc2)nc1Cc1ccccc1)c1sc(Nc2ccccc2)nc1Cc1ccccc1. The number of carbonyl (C=O) groups excluding carboxylic acids is 1. The Morgan fingerprint density at radius 1 is 0.525 bits per heavy atom. The maximum absolute atomic E-state index is 14.3. The summed E-state index contributed by atoms with van der Waals surface area (Å²) in [5, 5.41) is 8.14. The van der Waals surface area contributed by atoms with E-state index in [1.54, 1.807) is 0 Å². The van der Waals surface area contributed by atoms with Crippen LogP contribution >= 0.6 is 22.7 Å². The molecule has 0 aliphatic heterocycles. The van der Waals surface area contributed by atoms with Gasteiger partial charge in [-0.3, -0.25) is 4.79 Å². The number of anilines is 4. The molecule has 196 valence electrons. The summed E-state index contributed by atoms with van der Waals surface area (Å²) in [4.78, 5) is 25.3. The van der Waals surface area contributed by atoms with Gasteiger partial charge in [0.1, 0.15) is 9.75 Å². The summed E-state index contributed by atoms with van der Waals surface area (Å²) >= 11 is 2.78. The molecule has 5 nitrogen and oxygen atoms in total. The molecule has 0 bridgehead atoms. The average Bonchev–Trinajstić information content (AvgIpc) is 3.58. The van der Waals surface area contributed by atoms with Gasteiger partial charge in [-0.05, 0) is 35.4 Å². The van der Waals surface area contributed by atoms with Crippen LogP contribution in [0.5, 0.6) is 0 Å². The number of para-hydroxylation sites is 2. The van der Waals surface area contributed by atoms with Crippen LogP contribution in [0.3, 0.4) is 0 Å². The molecule has 40 heavy (non-hydrogen) atoms. The lowest BCUT2D eigenvalue weighted by molar-refractivity contribution is 0.104. The van der Waals surface area contributed by atoms with Crippen molar-refractivity contribution in [2.24, 2.45) is 0 Å². The Bertz CT molecular complexity index is 1570. The van der Waals surface area contributed by atoms with Crippen molar-refractivity contribution in [3.63, 3.8) is 0 Å². The van der Waals surface area contributed by atoms with Crippen LogP contribution in [0.15, 0.2) is 121 Å². The number of benzene rings is 4. The van der Waals surface area contributed by atoms with Gasteiger partial charge in [-0.15, -0.1) is 0 Å². The second-order valence-electron chi connectivity index (χ2n) is 9.23. The molecule has 4 aromatic carbocycles. The highest BCUT2D eigenvalue weighted by atomic mass is 32.1. The molecule has 2 N–H and O–H groups in total. The Hall–Kier alpha value is -4.59. The number of hydrogen-bond acceptors (Lipinski definition) is 7. The molecule has 0 radical (unpaired) electrons. The van der Waals surface area contributed by atoms with Crippen LogP contribution in [0.4, 0.5) is 21.6 Å². The summed E-state index contributed by atoms with van der Waals surface area (Å²) < 4.78 is 0. The van der Waals surface area contributed by atoms with Crippen LogP contribution in [0.1, 0.15) is 37.1 Å². The summed E-state index contributed by atoms with van der Waals surface area (Å²) in [6, 6.07) is 40.1. The molecule has 0 spiro atoms. The van der Waals surface area contributed by atoms with Gasteiger partial charge in [0.15, 0.2) is 10.3 Å². The van der Waals surface area contributed by atoms with Crippen LogP contribution in [-0.4, -0.2) is 15.8 Å². The summed E-state index contributed by atoms with van der Waals surface area (Å²) in [5.74, 6) is -0.0471. The molecule has 0 aliphatic carbocycles. The number of rotatable bonds is 10. The van der Waals surface area contributed by atoms with Gasteiger partial charge in [0, 0.05) is 24.2 Å². The lowest BCUT2D eigenvalue weighted by atomic mass is 10.1. The third-order valence-corrected chi connectivity index (χ3v) is 8.31. The minimum Gasteiger partial charge on any atom is -0.332 e. The fourth-order valence-electron chi connectivity index (χ4n) is 4.38. The minimum atomic E-state index is -0.0471. The summed E-state index contributed by atoms with van der Waals surface area (Å²) in [5.41, 5.74) is 5.59. The maximum atomic E-state index is 14.3. The first-order valence-corrected chi connectivity index (χ1v) is 14.6. The lowest BCUT2D eigenvalue weighted by Crippen LogP contribution is -2.05. The molecule has 0 amide bonds. The van der Waals surface area contributed by atoms with Gasteiger partial charge in [0.05, 0.1) is 11.4 Å². The molecule has 0 saturated carbocycles. The summed E-state index contributed by atoms with van der Waals surface area (Å²) in [6.45, 7) is 0. The van der Waals surface area contributed by atoms with E-state index in [0.29, 0.717) is 32.9 Å². The van der Waals surface area contributed by atoms with Crippen LogP contribution in [0.25, 0.3) is 0 Å². The third-order valence-electron chi connectivity index (χ3n) is 6.29. The van der Waals surface area contributed by atoms with Crippen molar-refractivity contribution in [3.8, 4) is 0 Å². The van der Waals surface area contributed by atoms with Crippen molar-refractivity contribution in [1.82, 2.24) is 9.97 Å². The quantitative estimate of drug-likeness (QED) is 0.165. The first-order chi connectivity index (χ1) is 19.7. The standard InChI is InChI=1S/C33H26N4OS2/c38-29(30-27(21-23-13-5-1-6-14-23)36-32(39-30)34-25-17-9-3-10-18-25)31-28(22-24-15-7-2-8-16-24)37-33(40-31)35-26-19-11-4-12-20-26/h1-20H,21-22H2,(H,34,36)(H,35,37). The molecule has 0 unspecified atom stereocenters. The molecule has 2 aromatic heterocycles. The molecular weight excluding hydrogens is 533 g/mol. The van der Waals surface area contributed by atoms with E-state index in [1.807, 2.05) is 97.1 Å². The van der Waals surface area contributed by atoms with E-state index in [-0.39, 0.29) is 5.78 Å². The highest BCUT2D eigenvalue weighted by Crippen LogP contribution is 2.35. The molecule has 6 aromatic rings. The number of ketones is 1. The maximum Gasteiger partial charge on any atom is 0.216 e. The smallest absolute Gasteiger partial charge is 0.216 e. The van der Waals surface area contributed by atoms with Gasteiger partial charge in [-0.25, -0.2) is 9.97 Å². The molecule has 0 fully saturated rings. The number of nitrogens with one attached hydrogen (secondary N) is 2. The van der Waals surface area contributed by atoms with E-state index >= 15 is 0 Å². The monoisotopic (exact) mass is 558 g/mol. The Balaban J connectivity index is 1.38. The van der Waals surface area contributed by atoms with Crippen molar-refractivity contribution in [1.29, 1.82) is 0 Å². The lowest BCUT2D eigenvalue weighted by Gasteiger charge is -2.04. The first kappa shape index (κ1) is 25.7. The molecule has 0 saturated heterocycles. The summed E-state index contributed by atoms with van der Waals surface area (Å²) in [7, 11) is 0. The van der Waals surface area contributed by atoms with Crippen LogP contribution < -0.4 is 10.6 Å². The van der Waals surface area contributed by atoms with Crippen molar-refractivity contribution in [3.05, 3.63) is 154 Å². The van der Waals surface area contributed by atoms with Gasteiger partial charge in [-0.1, -0.05) is 120 Å². The summed E-state index contributed by atoms with van der Waals surface area (Å²) in [6.07, 6.45) is 1.13. The zero-order valence-electron chi connectivity index (χ0n) is 21.6. The van der Waals surface area contributed by atoms with Gasteiger partial charge in [0.2, 0.25) is 5.78 Å². The highest BCUT2D eigenvalue weighted by molar-refractivity contribution is 7.21. The van der Waals surface area contributed by atoms with E-state index in [0.717, 1.165) is 33.9 Å². The number of nitrogens with zero attached hydrogens (tertiary/aromatic N) is 2. The van der Waals surface area contributed by atoms with Gasteiger partial charge >= 0.3 is 0 Å². The third kappa shape index (κ3) is 6.17. The minimum absolute atomic E-state index is 0.0471. The first-order valence-electron chi connectivity index (χ1n) is 13.0. The number of carbonyl (C=O) groups is 1. The van der Waals surface area contributed by atoms with Gasteiger partial charge in [0.25, 0.3) is 0 Å². The molecule has 2 heterocycles. The Kier molecular flexibility index (Phi) is 7.75. The van der Waals surface area contributed by atoms with E-state index < -0.39 is 0 Å². The predicted molar refractivity (Wildman–Crippen MR) is 166 cm³/mol. The molecule has 6 rings (SSSR count). The van der Waals surface area contributed by atoms with Crippen molar-refractivity contribution in [2.75, 3.05) is 10.6 Å². The van der Waals surface area contributed by atoms with E-state index in [4.69, 9.17) is 9.97 Å². The van der Waals surface area contributed by atoms with Crippen molar-refractivity contribution in [2.45, 2.75) is 12.8 Å². The fourth-order valence-corrected chi connectivity index (χ4v) is 6.34. The second-order valence-corrected chi connectivity index (χ2v) is 11.2. The van der Waals surface area contributed by atoms with Crippen LogP contribution in [-0.2, 0) is 12.8 Å². The molecule has 7 heteroatoms. The Morgan fingerprint density at radius 3 is 1.25 bits per heavy atom. The zero-order chi connectivity index (χ0) is 27.1. The zero-order valence-corrected chi connectivity index (χ0v) is 23.2. The number of aromatic nitrogens is 2. The van der Waals surface area contributed by atoms with Crippen LogP contribution in [0, 0.1) is 0 Å². The van der Waals surface area contributed by atoms with Crippen molar-refractivity contribution >= 4 is 50.1 Å². The fraction of sp³-hybridized carbons (Fsp3) is 0.0606.